The highest BCUT2D eigenvalue weighted by atomic mass is 35.5. The molecule has 4 heteroatoms. The molecule has 2 aromatic carbocycles. The molecule has 0 unspecified atom stereocenters. The second-order valence-electron chi connectivity index (χ2n) is 5.84. The maximum absolute atomic E-state index is 12.6. The Balaban J connectivity index is 1.81. The van der Waals surface area contributed by atoms with Crippen LogP contribution in [0.25, 0.3) is 10.9 Å². The summed E-state index contributed by atoms with van der Waals surface area (Å²) in [5, 5.41) is 4.83. The Bertz CT molecular complexity index is 898. The SMILES string of the molecule is Cc1ccc2c(c1)c(=O)c(CNCc1ccc(Cl)cc1)cn2C. The normalized spacial score (nSPS) is 11.1. The first-order valence-electron chi connectivity index (χ1n) is 7.58. The van der Waals surface area contributed by atoms with Crippen molar-refractivity contribution in [2.75, 3.05) is 0 Å². The van der Waals surface area contributed by atoms with Gasteiger partial charge in [-0.2, -0.15) is 0 Å². The number of benzene rings is 2. The van der Waals surface area contributed by atoms with Crippen molar-refractivity contribution < 1.29 is 0 Å². The quantitative estimate of drug-likeness (QED) is 0.791. The standard InChI is InChI=1S/C19H19ClN2O/c1-13-3-8-18-17(9-13)19(23)15(12-22(18)2)11-21-10-14-4-6-16(20)7-5-14/h3-9,12,21H,10-11H2,1-2H3. The van der Waals surface area contributed by atoms with Crippen molar-refractivity contribution in [3.05, 3.63) is 80.6 Å². The van der Waals surface area contributed by atoms with Gasteiger partial charge in [0.25, 0.3) is 0 Å². The van der Waals surface area contributed by atoms with E-state index < -0.39 is 0 Å². The number of nitrogens with one attached hydrogen (secondary N) is 1. The molecule has 0 fully saturated rings. The van der Waals surface area contributed by atoms with Crippen LogP contribution in [0.3, 0.4) is 0 Å². The van der Waals surface area contributed by atoms with Crippen molar-refractivity contribution in [3.63, 3.8) is 0 Å². The van der Waals surface area contributed by atoms with Crippen LogP contribution in [0.15, 0.2) is 53.5 Å². The van der Waals surface area contributed by atoms with Gasteiger partial charge >= 0.3 is 0 Å². The first-order chi connectivity index (χ1) is 11.0. The minimum absolute atomic E-state index is 0.102. The summed E-state index contributed by atoms with van der Waals surface area (Å²) in [6.07, 6.45) is 1.91. The van der Waals surface area contributed by atoms with Gasteiger partial charge in [0.2, 0.25) is 0 Å². The Morgan fingerprint density at radius 3 is 2.57 bits per heavy atom. The molecule has 3 rings (SSSR count). The van der Waals surface area contributed by atoms with E-state index in [4.69, 9.17) is 11.6 Å². The van der Waals surface area contributed by atoms with Crippen molar-refractivity contribution in [2.24, 2.45) is 7.05 Å². The monoisotopic (exact) mass is 326 g/mol. The number of fused-ring (bicyclic) bond motifs is 1. The van der Waals surface area contributed by atoms with Gasteiger partial charge in [0.1, 0.15) is 0 Å². The molecule has 0 radical (unpaired) electrons. The number of aromatic nitrogens is 1. The average molecular weight is 327 g/mol. The summed E-state index contributed by atoms with van der Waals surface area (Å²) in [5.41, 5.74) is 4.08. The number of hydrogen-bond donors (Lipinski definition) is 1. The zero-order chi connectivity index (χ0) is 16.4. The number of halogens is 1. The lowest BCUT2D eigenvalue weighted by atomic mass is 10.1. The lowest BCUT2D eigenvalue weighted by Gasteiger charge is -2.10. The van der Waals surface area contributed by atoms with E-state index in [-0.39, 0.29) is 5.43 Å². The molecule has 0 amide bonds. The van der Waals surface area contributed by atoms with E-state index in [1.807, 2.05) is 67.2 Å². The first-order valence-corrected chi connectivity index (χ1v) is 7.96. The van der Waals surface area contributed by atoms with Gasteiger partial charge in [-0.25, -0.2) is 0 Å². The molecular formula is C19H19ClN2O. The third-order valence-electron chi connectivity index (χ3n) is 3.98. The zero-order valence-corrected chi connectivity index (χ0v) is 14.0. The van der Waals surface area contributed by atoms with E-state index in [1.54, 1.807) is 0 Å². The van der Waals surface area contributed by atoms with Gasteiger partial charge < -0.3 is 9.88 Å². The fourth-order valence-corrected chi connectivity index (χ4v) is 2.87. The van der Waals surface area contributed by atoms with Crippen molar-refractivity contribution in [2.45, 2.75) is 20.0 Å². The van der Waals surface area contributed by atoms with Gasteiger partial charge in [0.15, 0.2) is 5.43 Å². The summed E-state index contributed by atoms with van der Waals surface area (Å²) in [6, 6.07) is 13.7. The first kappa shape index (κ1) is 15.8. The van der Waals surface area contributed by atoms with Crippen LogP contribution in [0, 0.1) is 6.92 Å². The van der Waals surface area contributed by atoms with E-state index in [0.29, 0.717) is 13.1 Å². The lowest BCUT2D eigenvalue weighted by Crippen LogP contribution is -2.21. The highest BCUT2D eigenvalue weighted by Crippen LogP contribution is 2.13. The molecule has 118 valence electrons. The molecule has 0 aliphatic carbocycles. The van der Waals surface area contributed by atoms with Crippen LogP contribution < -0.4 is 10.7 Å². The zero-order valence-electron chi connectivity index (χ0n) is 13.3. The van der Waals surface area contributed by atoms with Gasteiger partial charge in [0.05, 0.1) is 5.52 Å². The summed E-state index contributed by atoms with van der Waals surface area (Å²) in [4.78, 5) is 12.6. The Hall–Kier alpha value is -2.10. The summed E-state index contributed by atoms with van der Waals surface area (Å²) < 4.78 is 2.01. The fourth-order valence-electron chi connectivity index (χ4n) is 2.74. The van der Waals surface area contributed by atoms with Gasteiger partial charge in [-0.05, 0) is 36.8 Å². The molecule has 0 saturated carbocycles. The van der Waals surface area contributed by atoms with Crippen LogP contribution in [0.4, 0.5) is 0 Å². The molecule has 1 heterocycles. The third-order valence-corrected chi connectivity index (χ3v) is 4.23. The molecule has 0 saturated heterocycles. The van der Waals surface area contributed by atoms with Crippen LogP contribution >= 0.6 is 11.6 Å². The molecular weight excluding hydrogens is 308 g/mol. The van der Waals surface area contributed by atoms with Crippen molar-refractivity contribution in [3.8, 4) is 0 Å². The van der Waals surface area contributed by atoms with E-state index in [2.05, 4.69) is 5.32 Å². The average Bonchev–Trinajstić information content (AvgIpc) is 2.54. The third kappa shape index (κ3) is 3.46. The Morgan fingerprint density at radius 2 is 1.83 bits per heavy atom. The number of rotatable bonds is 4. The smallest absolute Gasteiger partial charge is 0.193 e. The molecule has 3 nitrogen and oxygen atoms in total. The molecule has 0 bridgehead atoms. The molecule has 0 spiro atoms. The number of nitrogens with zero attached hydrogens (tertiary/aromatic N) is 1. The van der Waals surface area contributed by atoms with Gasteiger partial charge in [0, 0.05) is 42.3 Å². The molecule has 3 aromatic rings. The van der Waals surface area contributed by atoms with E-state index in [0.717, 1.165) is 32.6 Å². The van der Waals surface area contributed by atoms with Crippen LogP contribution in [0.1, 0.15) is 16.7 Å². The highest BCUT2D eigenvalue weighted by molar-refractivity contribution is 6.30. The minimum Gasteiger partial charge on any atom is -0.350 e. The van der Waals surface area contributed by atoms with Crippen LogP contribution in [0.2, 0.25) is 5.02 Å². The largest absolute Gasteiger partial charge is 0.350 e. The van der Waals surface area contributed by atoms with E-state index >= 15 is 0 Å². The number of hydrogen-bond acceptors (Lipinski definition) is 2. The Labute approximate surface area is 140 Å². The topological polar surface area (TPSA) is 34.0 Å². The van der Waals surface area contributed by atoms with Gasteiger partial charge in [-0.15, -0.1) is 0 Å². The van der Waals surface area contributed by atoms with Gasteiger partial charge in [-0.3, -0.25) is 4.79 Å². The predicted molar refractivity (Wildman–Crippen MR) is 95.9 cm³/mol. The van der Waals surface area contributed by atoms with E-state index in [9.17, 15) is 4.79 Å². The summed E-state index contributed by atoms with van der Waals surface area (Å²) in [5.74, 6) is 0. The number of aryl methyl sites for hydroxylation is 2. The summed E-state index contributed by atoms with van der Waals surface area (Å²) in [6.45, 7) is 3.25. The molecule has 23 heavy (non-hydrogen) atoms. The Morgan fingerprint density at radius 1 is 1.09 bits per heavy atom. The maximum Gasteiger partial charge on any atom is 0.193 e. The maximum atomic E-state index is 12.6. The fraction of sp³-hybridized carbons (Fsp3) is 0.211. The summed E-state index contributed by atoms with van der Waals surface area (Å²) in [7, 11) is 1.97. The Kier molecular flexibility index (Phi) is 4.51. The summed E-state index contributed by atoms with van der Waals surface area (Å²) >= 11 is 5.88. The predicted octanol–water partition coefficient (Wildman–Crippen LogP) is 3.79. The van der Waals surface area contributed by atoms with Crippen molar-refractivity contribution in [1.29, 1.82) is 0 Å². The minimum atomic E-state index is 0.102. The van der Waals surface area contributed by atoms with Crippen molar-refractivity contribution >= 4 is 22.5 Å². The van der Waals surface area contributed by atoms with Crippen LogP contribution in [0.5, 0.6) is 0 Å². The molecule has 1 N–H and O–H groups in total. The van der Waals surface area contributed by atoms with Crippen LogP contribution in [-0.4, -0.2) is 4.57 Å². The lowest BCUT2D eigenvalue weighted by molar-refractivity contribution is 0.685. The number of pyridine rings is 1. The van der Waals surface area contributed by atoms with Gasteiger partial charge in [-0.1, -0.05) is 35.4 Å². The molecule has 0 aliphatic rings. The van der Waals surface area contributed by atoms with E-state index in [1.165, 1.54) is 0 Å². The van der Waals surface area contributed by atoms with Crippen molar-refractivity contribution in [1.82, 2.24) is 9.88 Å². The second-order valence-corrected chi connectivity index (χ2v) is 6.28. The molecule has 1 aromatic heterocycles. The second kappa shape index (κ2) is 6.57. The highest BCUT2D eigenvalue weighted by Gasteiger charge is 2.07. The van der Waals surface area contributed by atoms with Crippen LogP contribution in [-0.2, 0) is 20.1 Å². The molecule has 0 atom stereocenters. The molecule has 0 aliphatic heterocycles.